The van der Waals surface area contributed by atoms with Gasteiger partial charge in [0.15, 0.2) is 0 Å². The fourth-order valence-electron chi connectivity index (χ4n) is 1.99. The first kappa shape index (κ1) is 12.0. The van der Waals surface area contributed by atoms with Crippen LogP contribution in [-0.2, 0) is 4.74 Å². The van der Waals surface area contributed by atoms with Crippen LogP contribution in [-0.4, -0.2) is 39.1 Å². The van der Waals surface area contributed by atoms with Gasteiger partial charge in [-0.2, -0.15) is 4.98 Å². The molecule has 2 heterocycles. The second-order valence-electron chi connectivity index (χ2n) is 4.03. The second-order valence-corrected chi connectivity index (χ2v) is 4.03. The minimum Gasteiger partial charge on any atom is -0.396 e. The van der Waals surface area contributed by atoms with Gasteiger partial charge in [-0.05, 0) is 6.07 Å². The van der Waals surface area contributed by atoms with E-state index in [4.69, 9.17) is 20.7 Å². The Morgan fingerprint density at radius 2 is 2.29 bits per heavy atom. The summed E-state index contributed by atoms with van der Waals surface area (Å²) in [5.41, 5.74) is 4.89. The molecule has 1 aromatic rings. The molecule has 1 aliphatic rings. The largest absolute Gasteiger partial charge is 0.396 e. The van der Waals surface area contributed by atoms with E-state index in [9.17, 15) is 4.79 Å². The average Bonchev–Trinajstić information content (AvgIpc) is 2.72. The van der Waals surface area contributed by atoms with Gasteiger partial charge in [0.1, 0.15) is 12.0 Å². The second kappa shape index (κ2) is 4.82. The quantitative estimate of drug-likeness (QED) is 0.607. The molecule has 0 aliphatic carbocycles. The van der Waals surface area contributed by atoms with Crippen LogP contribution in [0.5, 0.6) is 0 Å². The van der Waals surface area contributed by atoms with Gasteiger partial charge in [-0.1, -0.05) is 0 Å². The van der Waals surface area contributed by atoms with Crippen molar-refractivity contribution in [3.63, 3.8) is 0 Å². The normalized spacial score (nSPS) is 28.5. The number of aromatic nitrogens is 2. The molecule has 94 valence electrons. The molecular weight excluding hydrogens is 226 g/mol. The lowest BCUT2D eigenvalue weighted by molar-refractivity contribution is -0.0365. The molecule has 0 amide bonds. The molecule has 7 heteroatoms. The molecule has 1 aliphatic heterocycles. The van der Waals surface area contributed by atoms with Crippen molar-refractivity contribution >= 4 is 5.82 Å². The fraction of sp³-hybridized carbons (Fsp3) is 0.600. The number of anilines is 1. The first-order valence-corrected chi connectivity index (χ1v) is 5.37. The van der Waals surface area contributed by atoms with E-state index in [0.29, 0.717) is 6.42 Å². The van der Waals surface area contributed by atoms with E-state index in [2.05, 4.69) is 4.98 Å². The maximum absolute atomic E-state index is 11.6. The van der Waals surface area contributed by atoms with E-state index in [0.717, 1.165) is 0 Å². The molecule has 7 nitrogen and oxygen atoms in total. The molecule has 1 unspecified atom stereocenters. The molecular formula is C10H15N3O4. The highest BCUT2D eigenvalue weighted by atomic mass is 16.5. The van der Waals surface area contributed by atoms with E-state index in [1.807, 2.05) is 0 Å². The smallest absolute Gasteiger partial charge is 0.351 e. The molecule has 1 aromatic heterocycles. The summed E-state index contributed by atoms with van der Waals surface area (Å²) < 4.78 is 6.81. The third-order valence-electron chi connectivity index (χ3n) is 2.94. The molecule has 0 saturated carbocycles. The Bertz CT molecular complexity index is 435. The molecule has 4 N–H and O–H groups in total. The lowest BCUT2D eigenvalue weighted by Gasteiger charge is -2.14. The summed E-state index contributed by atoms with van der Waals surface area (Å²) in [7, 11) is 0. The molecule has 2 rings (SSSR count). The molecule has 0 radical (unpaired) electrons. The average molecular weight is 241 g/mol. The number of nitrogens with two attached hydrogens (primary N) is 1. The van der Waals surface area contributed by atoms with Crippen LogP contribution in [0.1, 0.15) is 12.6 Å². The highest BCUT2D eigenvalue weighted by molar-refractivity contribution is 5.23. The van der Waals surface area contributed by atoms with Crippen molar-refractivity contribution in [2.24, 2.45) is 5.92 Å². The van der Waals surface area contributed by atoms with Crippen molar-refractivity contribution in [2.75, 3.05) is 18.9 Å². The van der Waals surface area contributed by atoms with Gasteiger partial charge < -0.3 is 20.7 Å². The standard InChI is InChI=1S/C10H15N3O4/c11-8-1-2-13(10(16)12-8)9-3-6(4-14)7(5-15)17-9/h1-2,6-7,9,14-15H,3-5H2,(H2,11,12,16)/t6?,7-,9-/m0/s1. The van der Waals surface area contributed by atoms with Crippen LogP contribution in [0.3, 0.4) is 0 Å². The lowest BCUT2D eigenvalue weighted by atomic mass is 10.0. The number of ether oxygens (including phenoxy) is 1. The van der Waals surface area contributed by atoms with Gasteiger partial charge in [0, 0.05) is 25.1 Å². The summed E-state index contributed by atoms with van der Waals surface area (Å²) in [4.78, 5) is 15.2. The minimum absolute atomic E-state index is 0.0844. The van der Waals surface area contributed by atoms with Gasteiger partial charge in [0.05, 0.1) is 12.7 Å². The van der Waals surface area contributed by atoms with Crippen LogP contribution in [0.2, 0.25) is 0 Å². The van der Waals surface area contributed by atoms with Crippen molar-refractivity contribution in [1.29, 1.82) is 0 Å². The van der Waals surface area contributed by atoms with Gasteiger partial charge in [-0.15, -0.1) is 0 Å². The van der Waals surface area contributed by atoms with Crippen LogP contribution in [0.4, 0.5) is 5.82 Å². The number of nitrogen functional groups attached to an aromatic ring is 1. The molecule has 3 atom stereocenters. The Morgan fingerprint density at radius 1 is 1.53 bits per heavy atom. The van der Waals surface area contributed by atoms with Crippen molar-refractivity contribution < 1.29 is 14.9 Å². The first-order chi connectivity index (χ1) is 8.15. The number of aliphatic hydroxyl groups excluding tert-OH is 2. The molecule has 0 aromatic carbocycles. The number of rotatable bonds is 3. The SMILES string of the molecule is Nc1ccn([C@@H]2CC(CO)[C@H](CO)O2)c(=O)n1. The summed E-state index contributed by atoms with van der Waals surface area (Å²) >= 11 is 0. The van der Waals surface area contributed by atoms with Crippen LogP contribution in [0.25, 0.3) is 0 Å². The van der Waals surface area contributed by atoms with E-state index < -0.39 is 18.0 Å². The molecule has 1 fully saturated rings. The molecule has 1 saturated heterocycles. The van der Waals surface area contributed by atoms with Crippen LogP contribution >= 0.6 is 0 Å². The van der Waals surface area contributed by atoms with Crippen molar-refractivity contribution in [3.8, 4) is 0 Å². The highest BCUT2D eigenvalue weighted by Gasteiger charge is 2.35. The van der Waals surface area contributed by atoms with Gasteiger partial charge in [-0.25, -0.2) is 4.79 Å². The summed E-state index contributed by atoms with van der Waals surface area (Å²) in [6.45, 7) is -0.266. The van der Waals surface area contributed by atoms with E-state index in [-0.39, 0.29) is 24.9 Å². The summed E-state index contributed by atoms with van der Waals surface area (Å²) in [5, 5.41) is 18.2. The summed E-state index contributed by atoms with van der Waals surface area (Å²) in [6, 6.07) is 1.50. The zero-order chi connectivity index (χ0) is 12.4. The Kier molecular flexibility index (Phi) is 3.41. The highest BCUT2D eigenvalue weighted by Crippen LogP contribution is 2.31. The van der Waals surface area contributed by atoms with Crippen LogP contribution in [0.15, 0.2) is 17.1 Å². The molecule has 0 bridgehead atoms. The van der Waals surface area contributed by atoms with Gasteiger partial charge in [0.25, 0.3) is 0 Å². The van der Waals surface area contributed by atoms with Crippen molar-refractivity contribution in [1.82, 2.24) is 9.55 Å². The molecule has 0 spiro atoms. The van der Waals surface area contributed by atoms with E-state index >= 15 is 0 Å². The Hall–Kier alpha value is -1.44. The Morgan fingerprint density at radius 3 is 2.82 bits per heavy atom. The Labute approximate surface area is 97.5 Å². The number of hydrogen-bond donors (Lipinski definition) is 3. The topological polar surface area (TPSA) is 111 Å². The number of hydrogen-bond acceptors (Lipinski definition) is 6. The third kappa shape index (κ3) is 2.31. The zero-order valence-corrected chi connectivity index (χ0v) is 9.19. The zero-order valence-electron chi connectivity index (χ0n) is 9.19. The molecule has 17 heavy (non-hydrogen) atoms. The monoisotopic (exact) mass is 241 g/mol. The van der Waals surface area contributed by atoms with Gasteiger partial charge in [0.2, 0.25) is 0 Å². The first-order valence-electron chi connectivity index (χ1n) is 5.37. The Balaban J connectivity index is 2.22. The fourth-order valence-corrected chi connectivity index (χ4v) is 1.99. The number of nitrogens with zero attached hydrogens (tertiary/aromatic N) is 2. The third-order valence-corrected chi connectivity index (χ3v) is 2.94. The minimum atomic E-state index is -0.509. The summed E-state index contributed by atoms with van der Waals surface area (Å²) in [6.07, 6.45) is 1.01. The van der Waals surface area contributed by atoms with Gasteiger partial charge >= 0.3 is 5.69 Å². The number of aliphatic hydroxyl groups is 2. The predicted octanol–water partition coefficient (Wildman–Crippen LogP) is -1.29. The van der Waals surface area contributed by atoms with Crippen molar-refractivity contribution in [3.05, 3.63) is 22.7 Å². The summed E-state index contributed by atoms with van der Waals surface area (Å²) in [5.74, 6) is -0.0175. The van der Waals surface area contributed by atoms with Crippen LogP contribution < -0.4 is 11.4 Å². The maximum Gasteiger partial charge on any atom is 0.351 e. The van der Waals surface area contributed by atoms with Crippen molar-refractivity contribution in [2.45, 2.75) is 18.8 Å². The van der Waals surface area contributed by atoms with Gasteiger partial charge in [-0.3, -0.25) is 4.57 Å². The predicted molar refractivity (Wildman–Crippen MR) is 59.1 cm³/mol. The van der Waals surface area contributed by atoms with E-state index in [1.54, 1.807) is 0 Å². The lowest BCUT2D eigenvalue weighted by Crippen LogP contribution is -2.27. The van der Waals surface area contributed by atoms with Crippen LogP contribution in [0, 0.1) is 5.92 Å². The van der Waals surface area contributed by atoms with E-state index in [1.165, 1.54) is 16.8 Å². The maximum atomic E-state index is 11.6.